The van der Waals surface area contributed by atoms with E-state index in [2.05, 4.69) is 9.47 Å². The van der Waals surface area contributed by atoms with Gasteiger partial charge in [-0.2, -0.15) is 10.5 Å². The fourth-order valence-electron chi connectivity index (χ4n) is 0.193. The summed E-state index contributed by atoms with van der Waals surface area (Å²) in [5.41, 5.74) is 0. The zero-order valence-corrected chi connectivity index (χ0v) is 7.53. The number of methoxy groups -OCH3 is 2. The number of nitriles is 2. The predicted octanol–water partition coefficient (Wildman–Crippen LogP) is -0.353. The fourth-order valence-corrected chi connectivity index (χ4v) is 0.193. The summed E-state index contributed by atoms with van der Waals surface area (Å²) in [5, 5.41) is 18.9. The molecule has 2 N–H and O–H groups in total. The monoisotopic (exact) mass is 200 g/mol. The first-order valence-electron chi connectivity index (χ1n) is 3.08. The Morgan fingerprint density at radius 1 is 1.00 bits per heavy atom. The van der Waals surface area contributed by atoms with E-state index in [4.69, 9.17) is 10.5 Å². The van der Waals surface area contributed by atoms with Gasteiger partial charge in [0.2, 0.25) is 0 Å². The molecular formula is C6H8N4O4. The number of carbonyl (C=O) groups is 2. The van der Waals surface area contributed by atoms with Crippen molar-refractivity contribution in [3.63, 3.8) is 0 Å². The van der Waals surface area contributed by atoms with E-state index >= 15 is 0 Å². The number of rotatable bonds is 0. The van der Waals surface area contributed by atoms with E-state index in [-0.39, 0.29) is 0 Å². The number of nitrogens with zero attached hydrogens (tertiary/aromatic N) is 2. The molecule has 0 aromatic rings. The Balaban J connectivity index is 0. The molecule has 2 amide bonds. The van der Waals surface area contributed by atoms with E-state index in [1.165, 1.54) is 26.6 Å². The first kappa shape index (κ1) is 14.1. The first-order valence-corrected chi connectivity index (χ1v) is 3.08. The van der Waals surface area contributed by atoms with Crippen LogP contribution in [0.5, 0.6) is 0 Å². The van der Waals surface area contributed by atoms with E-state index in [1.54, 1.807) is 10.6 Å². The molecule has 0 radical (unpaired) electrons. The maximum absolute atomic E-state index is 9.86. The van der Waals surface area contributed by atoms with E-state index in [0.717, 1.165) is 0 Å². The molecule has 8 heteroatoms. The van der Waals surface area contributed by atoms with Crippen molar-refractivity contribution in [2.24, 2.45) is 0 Å². The average Bonchev–Trinajstić information content (AvgIpc) is 2.19. The minimum absolute atomic E-state index is 0.734. The molecule has 0 aliphatic heterocycles. The van der Waals surface area contributed by atoms with Gasteiger partial charge in [-0.1, -0.05) is 0 Å². The molecule has 14 heavy (non-hydrogen) atoms. The molecule has 8 nitrogen and oxygen atoms in total. The predicted molar refractivity (Wildman–Crippen MR) is 42.3 cm³/mol. The van der Waals surface area contributed by atoms with Crippen LogP contribution in [0.25, 0.3) is 0 Å². The molecule has 0 spiro atoms. The molecule has 0 aliphatic carbocycles. The summed E-state index contributed by atoms with van der Waals surface area (Å²) in [5.74, 6) is 0. The Bertz CT molecular complexity index is 236. The molecule has 0 saturated carbocycles. The van der Waals surface area contributed by atoms with Crippen molar-refractivity contribution in [1.82, 2.24) is 10.6 Å². The Morgan fingerprint density at radius 3 is 1.36 bits per heavy atom. The van der Waals surface area contributed by atoms with Crippen LogP contribution in [-0.2, 0) is 9.47 Å². The zero-order chi connectivity index (χ0) is 11.4. The summed E-state index contributed by atoms with van der Waals surface area (Å²) in [6, 6.07) is 0. The van der Waals surface area contributed by atoms with Gasteiger partial charge in [-0.25, -0.2) is 20.2 Å². The fraction of sp³-hybridized carbons (Fsp3) is 0.333. The van der Waals surface area contributed by atoms with E-state index in [0.29, 0.717) is 0 Å². The van der Waals surface area contributed by atoms with Gasteiger partial charge in [0.15, 0.2) is 12.4 Å². The van der Waals surface area contributed by atoms with Crippen LogP contribution >= 0.6 is 0 Å². The second-order valence-corrected chi connectivity index (χ2v) is 1.46. The second kappa shape index (κ2) is 10.5. The molecule has 0 rings (SSSR count). The second-order valence-electron chi connectivity index (χ2n) is 1.46. The minimum atomic E-state index is -0.734. The largest absolute Gasteiger partial charge is 0.452 e. The van der Waals surface area contributed by atoms with E-state index in [9.17, 15) is 9.59 Å². The highest BCUT2D eigenvalue weighted by atomic mass is 16.5. The van der Waals surface area contributed by atoms with Crippen LogP contribution in [0.15, 0.2) is 0 Å². The van der Waals surface area contributed by atoms with Gasteiger partial charge in [-0.15, -0.1) is 0 Å². The highest BCUT2D eigenvalue weighted by molar-refractivity contribution is 5.68. The molecule has 0 fully saturated rings. The lowest BCUT2D eigenvalue weighted by Gasteiger charge is -1.88. The molecule has 0 unspecified atom stereocenters. The molecule has 0 aliphatic rings. The van der Waals surface area contributed by atoms with Gasteiger partial charge in [0, 0.05) is 0 Å². The lowest BCUT2D eigenvalue weighted by atomic mass is 11.1. The zero-order valence-electron chi connectivity index (χ0n) is 7.53. The van der Waals surface area contributed by atoms with Crippen LogP contribution in [0.1, 0.15) is 0 Å². The first-order chi connectivity index (χ1) is 6.62. The minimum Gasteiger partial charge on any atom is -0.452 e. The number of alkyl carbamates (subject to hydrolysis) is 2. The quantitative estimate of drug-likeness (QED) is 0.406. The van der Waals surface area contributed by atoms with Crippen molar-refractivity contribution in [3.05, 3.63) is 0 Å². The van der Waals surface area contributed by atoms with E-state index < -0.39 is 12.2 Å². The van der Waals surface area contributed by atoms with Crippen LogP contribution in [0.3, 0.4) is 0 Å². The third-order valence-electron chi connectivity index (χ3n) is 0.687. The van der Waals surface area contributed by atoms with Crippen LogP contribution in [0, 0.1) is 22.9 Å². The Labute approximate surface area is 80.0 Å². The lowest BCUT2D eigenvalue weighted by Crippen LogP contribution is -2.16. The van der Waals surface area contributed by atoms with Gasteiger partial charge in [0.05, 0.1) is 14.2 Å². The van der Waals surface area contributed by atoms with Crippen molar-refractivity contribution in [1.29, 1.82) is 10.5 Å². The van der Waals surface area contributed by atoms with Crippen molar-refractivity contribution < 1.29 is 19.1 Å². The number of hydrogen-bond donors (Lipinski definition) is 2. The topological polar surface area (TPSA) is 124 Å². The third-order valence-corrected chi connectivity index (χ3v) is 0.687. The van der Waals surface area contributed by atoms with Crippen molar-refractivity contribution >= 4 is 12.2 Å². The van der Waals surface area contributed by atoms with Crippen LogP contribution in [0.4, 0.5) is 9.59 Å². The van der Waals surface area contributed by atoms with Crippen molar-refractivity contribution in [3.8, 4) is 12.4 Å². The Kier molecular flexibility index (Phi) is 10.6. The normalized spacial score (nSPS) is 6.29. The highest BCUT2D eigenvalue weighted by Gasteiger charge is 1.90. The number of carbonyl (C=O) groups excluding carboxylic acids is 2. The van der Waals surface area contributed by atoms with Gasteiger partial charge in [0.1, 0.15) is 0 Å². The van der Waals surface area contributed by atoms with Gasteiger partial charge in [-0.3, -0.25) is 0 Å². The summed E-state index contributed by atoms with van der Waals surface area (Å²) < 4.78 is 8.04. The number of ether oxygens (including phenoxy) is 2. The molecule has 76 valence electrons. The van der Waals surface area contributed by atoms with Crippen LogP contribution < -0.4 is 10.6 Å². The number of hydrogen-bond acceptors (Lipinski definition) is 6. The molecular weight excluding hydrogens is 192 g/mol. The maximum Gasteiger partial charge on any atom is 0.420 e. The molecule has 0 aromatic carbocycles. The van der Waals surface area contributed by atoms with Gasteiger partial charge in [0.25, 0.3) is 0 Å². The molecule has 0 bridgehead atoms. The molecule has 0 heterocycles. The van der Waals surface area contributed by atoms with Crippen molar-refractivity contribution in [2.45, 2.75) is 0 Å². The highest BCUT2D eigenvalue weighted by Crippen LogP contribution is 1.64. The summed E-state index contributed by atoms with van der Waals surface area (Å²) in [4.78, 5) is 19.7. The third kappa shape index (κ3) is 12.2. The molecule has 0 atom stereocenters. The van der Waals surface area contributed by atoms with Crippen LogP contribution in [-0.4, -0.2) is 26.4 Å². The standard InChI is InChI=1S/2C3H4N2O2/c2*1-7-3(6)5-2-4/h2*1H3,(H,5,6). The van der Waals surface area contributed by atoms with Gasteiger partial charge < -0.3 is 9.47 Å². The Hall–Kier alpha value is -2.48. The Morgan fingerprint density at radius 2 is 1.29 bits per heavy atom. The number of nitrogens with one attached hydrogen (secondary N) is 2. The lowest BCUT2D eigenvalue weighted by molar-refractivity contribution is 0.175. The molecule has 0 aromatic heterocycles. The van der Waals surface area contributed by atoms with Gasteiger partial charge in [-0.05, 0) is 0 Å². The van der Waals surface area contributed by atoms with Gasteiger partial charge >= 0.3 is 12.2 Å². The van der Waals surface area contributed by atoms with Crippen molar-refractivity contribution in [2.75, 3.05) is 14.2 Å². The maximum atomic E-state index is 9.86. The summed E-state index contributed by atoms with van der Waals surface area (Å²) in [7, 11) is 2.37. The van der Waals surface area contributed by atoms with E-state index in [1.807, 2.05) is 0 Å². The summed E-state index contributed by atoms with van der Waals surface area (Å²) in [6.07, 6.45) is 1.32. The van der Waals surface area contributed by atoms with Crippen LogP contribution in [0.2, 0.25) is 0 Å². The molecule has 0 saturated heterocycles. The summed E-state index contributed by atoms with van der Waals surface area (Å²) in [6.45, 7) is 0. The average molecular weight is 200 g/mol. The number of amides is 2. The SMILES string of the molecule is COC(=O)NC#N.COC(=O)NC#N. The summed E-state index contributed by atoms with van der Waals surface area (Å²) >= 11 is 0. The smallest absolute Gasteiger partial charge is 0.420 e.